The summed E-state index contributed by atoms with van der Waals surface area (Å²) in [5, 5.41) is 11.9. The van der Waals surface area contributed by atoms with Gasteiger partial charge in [-0.3, -0.25) is 10.1 Å². The average molecular weight is 352 g/mol. The van der Waals surface area contributed by atoms with Crippen LogP contribution in [0.5, 0.6) is 0 Å². The van der Waals surface area contributed by atoms with Gasteiger partial charge in [-0.15, -0.1) is 10.2 Å². The third kappa shape index (κ3) is 2.95. The number of aliphatic imine (C=N–C) groups is 1. The number of nitrogens with one attached hydrogen (secondary N) is 1. The molecule has 8 nitrogen and oxygen atoms in total. The molecule has 2 aliphatic rings. The van der Waals surface area contributed by atoms with Crippen molar-refractivity contribution in [1.29, 1.82) is 0 Å². The van der Waals surface area contributed by atoms with E-state index >= 15 is 0 Å². The molecule has 3 amide bonds. The molecule has 0 radical (unpaired) electrons. The zero-order valence-corrected chi connectivity index (χ0v) is 14.6. The summed E-state index contributed by atoms with van der Waals surface area (Å²) in [6.45, 7) is 8.17. The number of hydrogen-bond donors (Lipinski definition) is 1. The van der Waals surface area contributed by atoms with Crippen LogP contribution in [-0.4, -0.2) is 62.9 Å². The molecule has 1 aromatic rings. The summed E-state index contributed by atoms with van der Waals surface area (Å²) < 4.78 is 0.751. The molecule has 0 aromatic carbocycles. The van der Waals surface area contributed by atoms with Crippen molar-refractivity contribution in [3.05, 3.63) is 17.2 Å². The molecular formula is C13H16N6O2S2. The summed E-state index contributed by atoms with van der Waals surface area (Å²) >= 11 is 2.82. The number of urea groups is 1. The van der Waals surface area contributed by atoms with E-state index in [0.29, 0.717) is 11.7 Å². The summed E-state index contributed by atoms with van der Waals surface area (Å²) in [4.78, 5) is 32.0. The summed E-state index contributed by atoms with van der Waals surface area (Å²) in [5.41, 5.74) is 0.903. The van der Waals surface area contributed by atoms with Crippen LogP contribution in [0.15, 0.2) is 21.5 Å². The van der Waals surface area contributed by atoms with E-state index in [4.69, 9.17) is 0 Å². The number of aromatic nitrogens is 2. The number of nitrogens with zero attached hydrogens (tertiary/aromatic N) is 5. The fourth-order valence-electron chi connectivity index (χ4n) is 2.44. The van der Waals surface area contributed by atoms with Crippen LogP contribution in [-0.2, 0) is 4.79 Å². The van der Waals surface area contributed by atoms with Gasteiger partial charge < -0.3 is 9.80 Å². The van der Waals surface area contributed by atoms with Crippen molar-refractivity contribution in [1.82, 2.24) is 25.3 Å². The van der Waals surface area contributed by atoms with Crippen molar-refractivity contribution in [2.45, 2.75) is 30.4 Å². The molecule has 3 heterocycles. The number of hydrogen-bond acceptors (Lipinski definition) is 8. The van der Waals surface area contributed by atoms with Crippen LogP contribution in [0.2, 0.25) is 0 Å². The van der Waals surface area contributed by atoms with E-state index in [-0.39, 0.29) is 5.91 Å². The highest BCUT2D eigenvalue weighted by Crippen LogP contribution is 2.33. The Hall–Kier alpha value is -1.94. The van der Waals surface area contributed by atoms with Crippen LogP contribution < -0.4 is 5.32 Å². The molecule has 1 saturated heterocycles. The van der Waals surface area contributed by atoms with Gasteiger partial charge in [-0.05, 0) is 25.6 Å². The van der Waals surface area contributed by atoms with Crippen molar-refractivity contribution < 1.29 is 9.59 Å². The molecule has 0 spiro atoms. The molecule has 0 aliphatic carbocycles. The first-order chi connectivity index (χ1) is 10.9. The predicted molar refractivity (Wildman–Crippen MR) is 88.3 cm³/mol. The van der Waals surface area contributed by atoms with Crippen LogP contribution in [0, 0.1) is 6.92 Å². The number of thioether (sulfide) groups is 1. The minimum absolute atomic E-state index is 0.341. The molecule has 10 heteroatoms. The average Bonchev–Trinajstić information content (AvgIpc) is 3.01. The molecule has 1 N–H and O–H groups in total. The Balaban J connectivity index is 1.92. The van der Waals surface area contributed by atoms with Crippen LogP contribution >= 0.6 is 23.1 Å². The molecule has 2 aliphatic heterocycles. The number of carbonyl (C=O) groups excluding carboxylic acids is 2. The zero-order valence-electron chi connectivity index (χ0n) is 12.9. The predicted octanol–water partition coefficient (Wildman–Crippen LogP) is 1.06. The molecule has 2 atom stereocenters. The van der Waals surface area contributed by atoms with E-state index in [2.05, 4.69) is 27.1 Å². The molecule has 1 aromatic heterocycles. The van der Waals surface area contributed by atoms with Crippen LogP contribution in [0.25, 0.3) is 0 Å². The summed E-state index contributed by atoms with van der Waals surface area (Å²) in [6, 6.07) is -0.987. The molecule has 1 fully saturated rings. The third-order valence-corrected chi connectivity index (χ3v) is 5.36. The van der Waals surface area contributed by atoms with Crippen molar-refractivity contribution in [3.63, 3.8) is 0 Å². The van der Waals surface area contributed by atoms with Crippen LogP contribution in [0.4, 0.5) is 4.79 Å². The SMILES string of the molecule is C=C(C)CN1C(Sc2nnc(C)s2)=NC2C1C(=O)NC(=O)N2C. The Bertz CT molecular complexity index is 715. The molecule has 23 heavy (non-hydrogen) atoms. The van der Waals surface area contributed by atoms with Gasteiger partial charge in [0.25, 0.3) is 5.91 Å². The Morgan fingerprint density at radius 2 is 2.17 bits per heavy atom. The monoisotopic (exact) mass is 352 g/mol. The van der Waals surface area contributed by atoms with E-state index in [0.717, 1.165) is 14.9 Å². The highest BCUT2D eigenvalue weighted by molar-refractivity contribution is 8.15. The number of amides is 3. The number of aryl methyl sites for hydroxylation is 1. The molecule has 0 bridgehead atoms. The van der Waals surface area contributed by atoms with Gasteiger partial charge in [0, 0.05) is 13.6 Å². The second-order valence-corrected chi connectivity index (χ2v) is 7.85. The molecule has 122 valence electrons. The third-order valence-electron chi connectivity index (χ3n) is 3.45. The van der Waals surface area contributed by atoms with Crippen molar-refractivity contribution in [2.75, 3.05) is 13.6 Å². The maximum Gasteiger partial charge on any atom is 0.325 e. The summed E-state index contributed by atoms with van der Waals surface area (Å²) in [7, 11) is 1.63. The van der Waals surface area contributed by atoms with E-state index in [1.807, 2.05) is 18.7 Å². The van der Waals surface area contributed by atoms with Gasteiger partial charge in [0.1, 0.15) is 5.01 Å². The number of imide groups is 1. The fraction of sp³-hybridized carbons (Fsp3) is 0.462. The quantitative estimate of drug-likeness (QED) is 0.818. The minimum Gasteiger partial charge on any atom is -0.331 e. The standard InChI is InChI=1S/C13H16N6O2S2/c1-6(2)5-19-8-9(18(4)11(21)15-10(8)20)14-12(19)23-13-17-16-7(3)22-13/h8-9H,1,5H2,2-4H3,(H,15,20,21). The number of amidine groups is 1. The number of rotatable bonds is 3. The number of likely N-dealkylation sites (N-methyl/N-ethyl adjacent to an activating group) is 1. The largest absolute Gasteiger partial charge is 0.331 e. The fourth-order valence-corrected chi connectivity index (χ4v) is 4.30. The molecule has 2 unspecified atom stereocenters. The van der Waals surface area contributed by atoms with Gasteiger partial charge in [-0.25, -0.2) is 9.79 Å². The van der Waals surface area contributed by atoms with Gasteiger partial charge >= 0.3 is 6.03 Å². The highest BCUT2D eigenvalue weighted by atomic mass is 32.2. The first-order valence-electron chi connectivity index (χ1n) is 6.91. The van der Waals surface area contributed by atoms with Gasteiger partial charge in [0.15, 0.2) is 21.7 Å². The van der Waals surface area contributed by atoms with Gasteiger partial charge in [0.05, 0.1) is 0 Å². The molecule has 0 saturated carbocycles. The lowest BCUT2D eigenvalue weighted by atomic mass is 10.1. The molecular weight excluding hydrogens is 336 g/mol. The maximum atomic E-state index is 12.3. The van der Waals surface area contributed by atoms with E-state index < -0.39 is 18.2 Å². The first-order valence-corrected chi connectivity index (χ1v) is 8.54. The zero-order chi connectivity index (χ0) is 16.7. The van der Waals surface area contributed by atoms with Crippen LogP contribution in [0.3, 0.4) is 0 Å². The highest BCUT2D eigenvalue weighted by Gasteiger charge is 2.48. The maximum absolute atomic E-state index is 12.3. The van der Waals surface area contributed by atoms with Crippen molar-refractivity contribution >= 4 is 40.2 Å². The van der Waals surface area contributed by atoms with Gasteiger partial charge in [-0.1, -0.05) is 23.5 Å². The molecule has 3 rings (SSSR count). The lowest BCUT2D eigenvalue weighted by Gasteiger charge is -2.36. The Kier molecular flexibility index (Phi) is 4.11. The van der Waals surface area contributed by atoms with E-state index in [9.17, 15) is 9.59 Å². The van der Waals surface area contributed by atoms with Gasteiger partial charge in [-0.2, -0.15) is 0 Å². The minimum atomic E-state index is -0.550. The Morgan fingerprint density at radius 1 is 1.43 bits per heavy atom. The summed E-state index contributed by atoms with van der Waals surface area (Å²) in [6.07, 6.45) is -0.535. The second kappa shape index (κ2) is 5.93. The number of carbonyl (C=O) groups is 2. The topological polar surface area (TPSA) is 90.8 Å². The Morgan fingerprint density at radius 3 is 2.78 bits per heavy atom. The van der Waals surface area contributed by atoms with E-state index in [1.54, 1.807) is 7.05 Å². The lowest BCUT2D eigenvalue weighted by molar-refractivity contribution is -0.126. The Labute approximate surface area is 141 Å². The lowest BCUT2D eigenvalue weighted by Crippen LogP contribution is -2.63. The van der Waals surface area contributed by atoms with Crippen LogP contribution in [0.1, 0.15) is 11.9 Å². The first kappa shape index (κ1) is 15.9. The smallest absolute Gasteiger partial charge is 0.325 e. The van der Waals surface area contributed by atoms with Crippen molar-refractivity contribution in [2.24, 2.45) is 4.99 Å². The second-order valence-electron chi connectivity index (χ2n) is 5.45. The number of fused-ring (bicyclic) bond motifs is 1. The summed E-state index contributed by atoms with van der Waals surface area (Å²) in [5.74, 6) is -0.341. The van der Waals surface area contributed by atoms with E-state index in [1.165, 1.54) is 28.0 Å². The normalized spacial score (nSPS) is 23.7. The van der Waals surface area contributed by atoms with Gasteiger partial charge in [0.2, 0.25) is 0 Å². The van der Waals surface area contributed by atoms with Crippen molar-refractivity contribution in [3.8, 4) is 0 Å².